The molecule has 0 spiro atoms. The fourth-order valence-electron chi connectivity index (χ4n) is 1.53. The lowest BCUT2D eigenvalue weighted by molar-refractivity contribution is 0.615. The molecule has 0 aliphatic heterocycles. The number of likely N-dealkylation sites (N-methyl/N-ethyl adjacent to an activating group) is 1. The zero-order valence-corrected chi connectivity index (χ0v) is 10.9. The smallest absolute Gasteiger partial charge is 0.167 e. The average Bonchev–Trinajstić information content (AvgIpc) is 2.78. The Balaban J connectivity index is 2.01. The topological polar surface area (TPSA) is 16.1 Å². The number of hydrogen-bond acceptors (Lipinski definition) is 3. The first kappa shape index (κ1) is 12.3. The van der Waals surface area contributed by atoms with Crippen molar-refractivity contribution in [3.63, 3.8) is 0 Å². The highest BCUT2D eigenvalue weighted by molar-refractivity contribution is 7.09. The van der Waals surface area contributed by atoms with E-state index in [0.717, 1.165) is 13.0 Å². The number of pyridine rings is 1. The van der Waals surface area contributed by atoms with E-state index in [1.165, 1.54) is 17.1 Å². The molecule has 2 rings (SSSR count). The predicted octanol–water partition coefficient (Wildman–Crippen LogP) is 3.61. The van der Waals surface area contributed by atoms with E-state index in [9.17, 15) is 4.39 Å². The molecule has 0 unspecified atom stereocenters. The van der Waals surface area contributed by atoms with Gasteiger partial charge in [-0.05, 0) is 23.9 Å². The Bertz CT molecular complexity index is 487. The first-order chi connectivity index (χ1) is 8.16. The molecule has 2 heterocycles. The van der Waals surface area contributed by atoms with Gasteiger partial charge in [0.15, 0.2) is 11.6 Å². The highest BCUT2D eigenvalue weighted by Gasteiger charge is 2.09. The molecule has 0 saturated carbocycles. The van der Waals surface area contributed by atoms with Crippen molar-refractivity contribution in [1.29, 1.82) is 0 Å². The molecule has 0 aromatic carbocycles. The van der Waals surface area contributed by atoms with E-state index in [2.05, 4.69) is 11.1 Å². The van der Waals surface area contributed by atoms with Crippen LogP contribution in [-0.4, -0.2) is 18.6 Å². The first-order valence-electron chi connectivity index (χ1n) is 5.21. The van der Waals surface area contributed by atoms with Gasteiger partial charge >= 0.3 is 0 Å². The van der Waals surface area contributed by atoms with Crippen LogP contribution in [0.25, 0.3) is 0 Å². The fraction of sp³-hybridized carbons (Fsp3) is 0.250. The molecule has 0 N–H and O–H groups in total. The van der Waals surface area contributed by atoms with Crippen LogP contribution in [0, 0.1) is 5.82 Å². The van der Waals surface area contributed by atoms with Crippen molar-refractivity contribution in [2.45, 2.75) is 6.42 Å². The molecule has 0 radical (unpaired) electrons. The van der Waals surface area contributed by atoms with E-state index in [1.54, 1.807) is 16.2 Å². The summed E-state index contributed by atoms with van der Waals surface area (Å²) in [6, 6.07) is 5.37. The van der Waals surface area contributed by atoms with Crippen molar-refractivity contribution in [1.82, 2.24) is 4.98 Å². The summed E-state index contributed by atoms with van der Waals surface area (Å²) < 4.78 is 13.6. The van der Waals surface area contributed by atoms with Gasteiger partial charge in [0.25, 0.3) is 0 Å². The second-order valence-corrected chi connectivity index (χ2v) is 5.18. The maximum absolute atomic E-state index is 13.6. The highest BCUT2D eigenvalue weighted by atomic mass is 35.5. The third kappa shape index (κ3) is 3.17. The monoisotopic (exact) mass is 270 g/mol. The van der Waals surface area contributed by atoms with Gasteiger partial charge in [0, 0.05) is 24.7 Å². The zero-order chi connectivity index (χ0) is 12.3. The molecule has 0 bridgehead atoms. The summed E-state index contributed by atoms with van der Waals surface area (Å²) in [7, 11) is 1.83. The molecule has 2 nitrogen and oxygen atoms in total. The van der Waals surface area contributed by atoms with Gasteiger partial charge in [0.05, 0.1) is 5.02 Å². The summed E-state index contributed by atoms with van der Waals surface area (Å²) in [5, 5.41) is 2.36. The van der Waals surface area contributed by atoms with Crippen LogP contribution >= 0.6 is 22.9 Å². The number of rotatable bonds is 4. The Morgan fingerprint density at radius 2 is 2.35 bits per heavy atom. The van der Waals surface area contributed by atoms with E-state index >= 15 is 0 Å². The minimum atomic E-state index is -0.383. The highest BCUT2D eigenvalue weighted by Crippen LogP contribution is 2.19. The van der Waals surface area contributed by atoms with Crippen LogP contribution in [0.3, 0.4) is 0 Å². The Morgan fingerprint density at radius 3 is 3.00 bits per heavy atom. The molecule has 90 valence electrons. The van der Waals surface area contributed by atoms with E-state index in [1.807, 2.05) is 18.5 Å². The molecule has 0 atom stereocenters. The van der Waals surface area contributed by atoms with Crippen molar-refractivity contribution in [2.75, 3.05) is 18.5 Å². The molecule has 0 fully saturated rings. The van der Waals surface area contributed by atoms with Gasteiger partial charge < -0.3 is 4.90 Å². The van der Waals surface area contributed by atoms with Gasteiger partial charge in [-0.25, -0.2) is 9.37 Å². The minimum Gasteiger partial charge on any atom is -0.357 e. The minimum absolute atomic E-state index is 0.318. The number of nitrogens with zero attached hydrogens (tertiary/aromatic N) is 2. The standard InChI is InChI=1S/C12H12ClFN2S/c1-16(5-4-10-3-2-6-17-10)12-11(14)7-9(13)8-15-12/h2-3,6-8H,4-5H2,1H3. The first-order valence-corrected chi connectivity index (χ1v) is 6.47. The lowest BCUT2D eigenvalue weighted by Gasteiger charge is -2.18. The van der Waals surface area contributed by atoms with Gasteiger partial charge in [-0.2, -0.15) is 0 Å². The fourth-order valence-corrected chi connectivity index (χ4v) is 2.37. The summed E-state index contributed by atoms with van der Waals surface area (Å²) >= 11 is 7.37. The van der Waals surface area contributed by atoms with Gasteiger partial charge in [0.1, 0.15) is 0 Å². The molecular formula is C12H12ClFN2S. The van der Waals surface area contributed by atoms with Crippen LogP contribution in [0.4, 0.5) is 10.2 Å². The van der Waals surface area contributed by atoms with Crippen molar-refractivity contribution >= 4 is 28.8 Å². The average molecular weight is 271 g/mol. The number of aromatic nitrogens is 1. The second-order valence-electron chi connectivity index (χ2n) is 3.71. The zero-order valence-electron chi connectivity index (χ0n) is 9.36. The summed E-state index contributed by atoms with van der Waals surface area (Å²) in [6.07, 6.45) is 2.35. The van der Waals surface area contributed by atoms with Crippen LogP contribution in [0.15, 0.2) is 29.8 Å². The predicted molar refractivity (Wildman–Crippen MR) is 70.5 cm³/mol. The summed E-state index contributed by atoms with van der Waals surface area (Å²) in [5.41, 5.74) is 0. The van der Waals surface area contributed by atoms with Crippen molar-refractivity contribution in [2.24, 2.45) is 0 Å². The summed E-state index contributed by atoms with van der Waals surface area (Å²) in [6.45, 7) is 0.728. The van der Waals surface area contributed by atoms with Crippen molar-refractivity contribution in [3.05, 3.63) is 45.5 Å². The molecule has 0 aliphatic rings. The Kier molecular flexibility index (Phi) is 3.97. The molecule has 2 aromatic rings. The lowest BCUT2D eigenvalue weighted by atomic mass is 10.3. The molecule has 2 aromatic heterocycles. The number of hydrogen-bond donors (Lipinski definition) is 0. The maximum Gasteiger partial charge on any atom is 0.167 e. The third-order valence-electron chi connectivity index (χ3n) is 2.42. The SMILES string of the molecule is CN(CCc1cccs1)c1ncc(Cl)cc1F. The molecule has 5 heteroatoms. The molecule has 17 heavy (non-hydrogen) atoms. The van der Waals surface area contributed by atoms with Crippen LogP contribution in [0.5, 0.6) is 0 Å². The molecule has 0 amide bonds. The maximum atomic E-state index is 13.6. The molecule has 0 aliphatic carbocycles. The normalized spacial score (nSPS) is 10.5. The second kappa shape index (κ2) is 5.47. The van der Waals surface area contributed by atoms with Crippen LogP contribution in [0.1, 0.15) is 4.88 Å². The Hall–Kier alpha value is -1.13. The largest absolute Gasteiger partial charge is 0.357 e. The van der Waals surface area contributed by atoms with Gasteiger partial charge in [-0.3, -0.25) is 0 Å². The quantitative estimate of drug-likeness (QED) is 0.844. The molecule has 0 saturated heterocycles. The van der Waals surface area contributed by atoms with E-state index < -0.39 is 0 Å². The summed E-state index contributed by atoms with van der Waals surface area (Å²) in [5.74, 6) is -0.0443. The van der Waals surface area contributed by atoms with E-state index in [-0.39, 0.29) is 5.82 Å². The van der Waals surface area contributed by atoms with Gasteiger partial charge in [-0.15, -0.1) is 11.3 Å². The lowest BCUT2D eigenvalue weighted by Crippen LogP contribution is -2.22. The number of halogens is 2. The Morgan fingerprint density at radius 1 is 1.53 bits per heavy atom. The molecular weight excluding hydrogens is 259 g/mol. The van der Waals surface area contributed by atoms with E-state index in [4.69, 9.17) is 11.6 Å². The van der Waals surface area contributed by atoms with Crippen LogP contribution in [-0.2, 0) is 6.42 Å². The van der Waals surface area contributed by atoms with Crippen molar-refractivity contribution in [3.8, 4) is 0 Å². The Labute approximate surface area is 109 Å². The van der Waals surface area contributed by atoms with Crippen LogP contribution in [0.2, 0.25) is 5.02 Å². The van der Waals surface area contributed by atoms with Gasteiger partial charge in [0.2, 0.25) is 0 Å². The van der Waals surface area contributed by atoms with Crippen LogP contribution < -0.4 is 4.90 Å². The third-order valence-corrected chi connectivity index (χ3v) is 3.57. The summed E-state index contributed by atoms with van der Waals surface area (Å²) in [4.78, 5) is 7.08. The number of thiophene rings is 1. The van der Waals surface area contributed by atoms with E-state index in [0.29, 0.717) is 10.8 Å². The van der Waals surface area contributed by atoms with Crippen molar-refractivity contribution < 1.29 is 4.39 Å². The number of anilines is 1. The van der Waals surface area contributed by atoms with Gasteiger partial charge in [-0.1, -0.05) is 17.7 Å².